The van der Waals surface area contributed by atoms with E-state index in [1.54, 1.807) is 11.8 Å². The van der Waals surface area contributed by atoms with Crippen LogP contribution in [0.15, 0.2) is 51.8 Å². The maximum Gasteiger partial charge on any atom is 0.194 e. The lowest BCUT2D eigenvalue weighted by atomic mass is 10.0. The van der Waals surface area contributed by atoms with Gasteiger partial charge in [0.2, 0.25) is 0 Å². The summed E-state index contributed by atoms with van der Waals surface area (Å²) in [6.07, 6.45) is 2.93. The first-order chi connectivity index (χ1) is 10.2. The van der Waals surface area contributed by atoms with Crippen molar-refractivity contribution < 1.29 is 9.53 Å². The Balaban J connectivity index is 2.29. The fourth-order valence-corrected chi connectivity index (χ4v) is 3.05. The molecule has 2 aromatic carbocycles. The smallest absolute Gasteiger partial charge is 0.194 e. The second-order valence-corrected chi connectivity index (χ2v) is 6.23. The van der Waals surface area contributed by atoms with Crippen LogP contribution in [0.5, 0.6) is 5.75 Å². The molecule has 0 aliphatic rings. The molecule has 0 aromatic heterocycles. The molecule has 0 aliphatic carbocycles. The van der Waals surface area contributed by atoms with Crippen molar-refractivity contribution >= 4 is 33.5 Å². The van der Waals surface area contributed by atoms with E-state index in [-0.39, 0.29) is 5.78 Å². The minimum absolute atomic E-state index is 0.0303. The number of hydrogen-bond donors (Lipinski definition) is 0. The van der Waals surface area contributed by atoms with Crippen molar-refractivity contribution in [3.05, 3.63) is 58.1 Å². The molecule has 0 saturated heterocycles. The van der Waals surface area contributed by atoms with Crippen LogP contribution in [0.25, 0.3) is 0 Å². The second-order valence-electron chi connectivity index (χ2n) is 4.52. The fourth-order valence-electron chi connectivity index (χ4n) is 1.96. The number of rotatable bonds is 6. The lowest BCUT2D eigenvalue weighted by Crippen LogP contribution is -2.04. The number of ketones is 1. The van der Waals surface area contributed by atoms with E-state index < -0.39 is 0 Å². The molecule has 2 nitrogen and oxygen atoms in total. The van der Waals surface area contributed by atoms with Crippen LogP contribution in [0.4, 0.5) is 0 Å². The molecule has 4 heteroatoms. The van der Waals surface area contributed by atoms with Crippen LogP contribution in [0.1, 0.15) is 29.3 Å². The van der Waals surface area contributed by atoms with Crippen LogP contribution in [0.2, 0.25) is 0 Å². The van der Waals surface area contributed by atoms with E-state index in [0.717, 1.165) is 27.1 Å². The van der Waals surface area contributed by atoms with Gasteiger partial charge in [0.25, 0.3) is 0 Å². The minimum atomic E-state index is 0.0303. The topological polar surface area (TPSA) is 26.3 Å². The zero-order valence-corrected chi connectivity index (χ0v) is 14.5. The van der Waals surface area contributed by atoms with Gasteiger partial charge in [0.1, 0.15) is 5.75 Å². The summed E-state index contributed by atoms with van der Waals surface area (Å²) in [5.74, 6) is 0.800. The largest absolute Gasteiger partial charge is 0.492 e. The number of hydrogen-bond acceptors (Lipinski definition) is 3. The molecule has 21 heavy (non-hydrogen) atoms. The summed E-state index contributed by atoms with van der Waals surface area (Å²) in [6, 6.07) is 13.1. The van der Waals surface area contributed by atoms with E-state index in [0.29, 0.717) is 12.2 Å². The average Bonchev–Trinajstić information content (AvgIpc) is 2.53. The zero-order valence-electron chi connectivity index (χ0n) is 12.1. The molecule has 0 heterocycles. The molecular formula is C17H17BrO2S. The molecule has 0 saturated carbocycles. The predicted octanol–water partition coefficient (Wildman–Crippen LogP) is 5.19. The van der Waals surface area contributed by atoms with Crippen molar-refractivity contribution in [3.63, 3.8) is 0 Å². The Morgan fingerprint density at radius 2 is 2.00 bits per heavy atom. The van der Waals surface area contributed by atoms with Crippen LogP contribution in [0.3, 0.4) is 0 Å². The third-order valence-electron chi connectivity index (χ3n) is 3.01. The number of ether oxygens (including phenoxy) is 1. The van der Waals surface area contributed by atoms with Crippen molar-refractivity contribution in [1.82, 2.24) is 0 Å². The first-order valence-electron chi connectivity index (χ1n) is 6.77. The highest BCUT2D eigenvalue weighted by molar-refractivity contribution is 9.10. The van der Waals surface area contributed by atoms with Crippen LogP contribution in [0, 0.1) is 0 Å². The van der Waals surface area contributed by atoms with Crippen LogP contribution in [-0.4, -0.2) is 18.6 Å². The second kappa shape index (κ2) is 7.66. The van der Waals surface area contributed by atoms with Gasteiger partial charge in [0.15, 0.2) is 5.78 Å². The van der Waals surface area contributed by atoms with E-state index >= 15 is 0 Å². The maximum absolute atomic E-state index is 12.6. The van der Waals surface area contributed by atoms with Gasteiger partial charge >= 0.3 is 0 Å². The number of carbonyl (C=O) groups is 1. The van der Waals surface area contributed by atoms with E-state index in [1.165, 1.54) is 0 Å². The number of thioether (sulfide) groups is 1. The normalized spacial score (nSPS) is 10.4. The monoisotopic (exact) mass is 364 g/mol. The highest BCUT2D eigenvalue weighted by Crippen LogP contribution is 2.29. The van der Waals surface area contributed by atoms with Crippen molar-refractivity contribution in [2.75, 3.05) is 12.9 Å². The molecule has 0 bridgehead atoms. The van der Waals surface area contributed by atoms with Gasteiger partial charge in [-0.1, -0.05) is 19.1 Å². The quantitative estimate of drug-likeness (QED) is 0.521. The molecule has 2 aromatic rings. The highest BCUT2D eigenvalue weighted by Gasteiger charge is 2.14. The molecule has 0 spiro atoms. The Hall–Kier alpha value is -1.26. The summed E-state index contributed by atoms with van der Waals surface area (Å²) in [6.45, 7) is 2.73. The van der Waals surface area contributed by atoms with Crippen molar-refractivity contribution in [1.29, 1.82) is 0 Å². The van der Waals surface area contributed by atoms with Crippen LogP contribution in [-0.2, 0) is 0 Å². The zero-order chi connectivity index (χ0) is 15.2. The summed E-state index contributed by atoms with van der Waals surface area (Å²) < 4.78 is 6.42. The van der Waals surface area contributed by atoms with Crippen molar-refractivity contribution in [2.45, 2.75) is 18.2 Å². The first kappa shape index (κ1) is 16.1. The third kappa shape index (κ3) is 3.89. The Morgan fingerprint density at radius 3 is 2.67 bits per heavy atom. The molecule has 0 N–H and O–H groups in total. The molecule has 0 aliphatic heterocycles. The number of halogens is 1. The van der Waals surface area contributed by atoms with Crippen molar-refractivity contribution in [3.8, 4) is 5.75 Å². The van der Waals surface area contributed by atoms with Gasteiger partial charge in [-0.15, -0.1) is 11.8 Å². The van der Waals surface area contributed by atoms with E-state index in [1.807, 2.05) is 48.7 Å². The SMILES string of the molecule is CCCOc1ccc(C(=O)c2ccccc2SC)cc1Br. The first-order valence-corrected chi connectivity index (χ1v) is 8.79. The van der Waals surface area contributed by atoms with Crippen LogP contribution >= 0.6 is 27.7 Å². The summed E-state index contributed by atoms with van der Waals surface area (Å²) >= 11 is 5.05. The molecule has 0 fully saturated rings. The van der Waals surface area contributed by atoms with Gasteiger partial charge in [-0.05, 0) is 58.9 Å². The van der Waals surface area contributed by atoms with Gasteiger partial charge in [-0.3, -0.25) is 4.79 Å². The van der Waals surface area contributed by atoms with Gasteiger partial charge in [-0.2, -0.15) is 0 Å². The van der Waals surface area contributed by atoms with Gasteiger partial charge in [-0.25, -0.2) is 0 Å². The number of carbonyl (C=O) groups excluding carboxylic acids is 1. The summed E-state index contributed by atoms with van der Waals surface area (Å²) in [4.78, 5) is 13.6. The molecule has 2 rings (SSSR count). The van der Waals surface area contributed by atoms with Crippen molar-refractivity contribution in [2.24, 2.45) is 0 Å². The van der Waals surface area contributed by atoms with E-state index in [9.17, 15) is 4.79 Å². The Labute approximate surface area is 138 Å². The minimum Gasteiger partial charge on any atom is -0.492 e. The Kier molecular flexibility index (Phi) is 5.88. The standard InChI is InChI=1S/C17H17BrO2S/c1-3-10-20-15-9-8-12(11-14(15)18)17(19)13-6-4-5-7-16(13)21-2/h4-9,11H,3,10H2,1-2H3. The molecule has 0 atom stereocenters. The molecule has 110 valence electrons. The molecule has 0 amide bonds. The van der Waals surface area contributed by atoms with E-state index in [2.05, 4.69) is 22.9 Å². The lowest BCUT2D eigenvalue weighted by molar-refractivity contribution is 0.103. The van der Waals surface area contributed by atoms with Gasteiger partial charge < -0.3 is 4.74 Å². The highest BCUT2D eigenvalue weighted by atomic mass is 79.9. The van der Waals surface area contributed by atoms with Crippen LogP contribution < -0.4 is 4.74 Å². The van der Waals surface area contributed by atoms with Gasteiger partial charge in [0.05, 0.1) is 11.1 Å². The van der Waals surface area contributed by atoms with E-state index in [4.69, 9.17) is 4.74 Å². The van der Waals surface area contributed by atoms with Gasteiger partial charge in [0, 0.05) is 16.0 Å². The fraction of sp³-hybridized carbons (Fsp3) is 0.235. The molecule has 0 unspecified atom stereocenters. The maximum atomic E-state index is 12.6. The third-order valence-corrected chi connectivity index (χ3v) is 4.42. The summed E-state index contributed by atoms with van der Waals surface area (Å²) in [5, 5.41) is 0. The summed E-state index contributed by atoms with van der Waals surface area (Å²) in [5.41, 5.74) is 1.39. The lowest BCUT2D eigenvalue weighted by Gasteiger charge is -2.10. The molecular weight excluding hydrogens is 348 g/mol. The summed E-state index contributed by atoms with van der Waals surface area (Å²) in [7, 11) is 0. The number of benzene rings is 2. The molecule has 0 radical (unpaired) electrons. The Morgan fingerprint density at radius 1 is 1.24 bits per heavy atom. The Bertz CT molecular complexity index is 640. The predicted molar refractivity (Wildman–Crippen MR) is 91.6 cm³/mol. The average molecular weight is 365 g/mol.